The van der Waals surface area contributed by atoms with Crippen molar-refractivity contribution in [3.63, 3.8) is 0 Å². The first-order chi connectivity index (χ1) is 10.7. The summed E-state index contributed by atoms with van der Waals surface area (Å²) in [4.78, 5) is 21.5. The molecular weight excluding hydrogens is 318 g/mol. The first kappa shape index (κ1) is 17.7. The van der Waals surface area contributed by atoms with Crippen LogP contribution < -0.4 is 0 Å². The number of rotatable bonds is 3. The number of likely N-dealkylation sites (tertiary alicyclic amines) is 1. The number of aromatic nitrogens is 2. The zero-order valence-corrected chi connectivity index (χ0v) is 14.5. The van der Waals surface area contributed by atoms with Crippen molar-refractivity contribution in [1.82, 2.24) is 14.9 Å². The Balaban J connectivity index is 2.14. The van der Waals surface area contributed by atoms with Crippen LogP contribution in [0.3, 0.4) is 0 Å². The molecule has 0 radical (unpaired) electrons. The fourth-order valence-electron chi connectivity index (χ4n) is 2.51. The number of hydrogen-bond acceptors (Lipinski definition) is 6. The second kappa shape index (κ2) is 6.82. The smallest absolute Gasteiger partial charge is 0.410 e. The van der Waals surface area contributed by atoms with E-state index in [9.17, 15) is 13.2 Å². The van der Waals surface area contributed by atoms with Crippen LogP contribution in [-0.4, -0.2) is 53.3 Å². The van der Waals surface area contributed by atoms with Crippen LogP contribution in [0.2, 0.25) is 0 Å². The highest BCUT2D eigenvalue weighted by Crippen LogP contribution is 2.22. The van der Waals surface area contributed by atoms with Gasteiger partial charge in [-0.1, -0.05) is 0 Å². The number of ether oxygens (including phenoxy) is 1. The third-order valence-corrected chi connectivity index (χ3v) is 5.08. The standard InChI is InChI=1S/C15H23N3O4S/c1-15(2,3)22-14(19)18-10-5-4-7-12(18)11-23(20,21)13-16-8-6-9-17-13/h6,8-9,12H,4-5,7,10-11H2,1-3H3. The Hall–Kier alpha value is -1.70. The molecule has 0 bridgehead atoms. The highest BCUT2D eigenvalue weighted by Gasteiger charge is 2.34. The molecule has 1 aliphatic heterocycles. The van der Waals surface area contributed by atoms with Gasteiger partial charge in [0.25, 0.3) is 0 Å². The average Bonchev–Trinajstić information content (AvgIpc) is 2.46. The summed E-state index contributed by atoms with van der Waals surface area (Å²) < 4.78 is 30.3. The molecule has 128 valence electrons. The van der Waals surface area contributed by atoms with Crippen molar-refractivity contribution in [3.05, 3.63) is 18.5 Å². The topological polar surface area (TPSA) is 89.5 Å². The molecule has 0 saturated carbocycles. The maximum atomic E-state index is 12.4. The van der Waals surface area contributed by atoms with Crippen LogP contribution in [-0.2, 0) is 14.6 Å². The van der Waals surface area contributed by atoms with Crippen LogP contribution in [0.1, 0.15) is 40.0 Å². The minimum absolute atomic E-state index is 0.184. The van der Waals surface area contributed by atoms with Crippen molar-refractivity contribution in [2.75, 3.05) is 12.3 Å². The molecular formula is C15H23N3O4S. The number of hydrogen-bond donors (Lipinski definition) is 0. The van der Waals surface area contributed by atoms with E-state index in [1.165, 1.54) is 17.3 Å². The first-order valence-electron chi connectivity index (χ1n) is 7.68. The monoisotopic (exact) mass is 341 g/mol. The molecule has 2 rings (SSSR count). The SMILES string of the molecule is CC(C)(C)OC(=O)N1CCCCC1CS(=O)(=O)c1ncccn1. The van der Waals surface area contributed by atoms with Gasteiger partial charge in [0, 0.05) is 25.0 Å². The predicted molar refractivity (Wildman–Crippen MR) is 84.7 cm³/mol. The van der Waals surface area contributed by atoms with Gasteiger partial charge in [-0.3, -0.25) is 0 Å². The van der Waals surface area contributed by atoms with Gasteiger partial charge < -0.3 is 9.64 Å². The Kier molecular flexibility index (Phi) is 5.23. The third kappa shape index (κ3) is 4.89. The van der Waals surface area contributed by atoms with Gasteiger partial charge in [0.1, 0.15) is 5.60 Å². The molecule has 1 saturated heterocycles. The van der Waals surface area contributed by atoms with Crippen molar-refractivity contribution >= 4 is 15.9 Å². The average molecular weight is 341 g/mol. The normalized spacial score (nSPS) is 19.4. The van der Waals surface area contributed by atoms with Crippen LogP contribution in [0.15, 0.2) is 23.6 Å². The summed E-state index contributed by atoms with van der Waals surface area (Å²) in [5.74, 6) is -0.184. The summed E-state index contributed by atoms with van der Waals surface area (Å²) in [7, 11) is -3.64. The van der Waals surface area contributed by atoms with Gasteiger partial charge in [0.05, 0.1) is 5.75 Å². The highest BCUT2D eigenvalue weighted by atomic mass is 32.2. The zero-order valence-electron chi connectivity index (χ0n) is 13.7. The highest BCUT2D eigenvalue weighted by molar-refractivity contribution is 7.91. The summed E-state index contributed by atoms with van der Waals surface area (Å²) in [6, 6.07) is 1.15. The maximum absolute atomic E-state index is 12.4. The van der Waals surface area contributed by atoms with Crippen LogP contribution in [0, 0.1) is 0 Å². The fourth-order valence-corrected chi connectivity index (χ4v) is 3.95. The summed E-state index contributed by atoms with van der Waals surface area (Å²) in [5.41, 5.74) is -0.611. The third-order valence-electron chi connectivity index (χ3n) is 3.49. The predicted octanol–water partition coefficient (Wildman–Crippen LogP) is 2.04. The second-order valence-corrected chi connectivity index (χ2v) is 8.56. The number of piperidine rings is 1. The van der Waals surface area contributed by atoms with Gasteiger partial charge in [-0.05, 0) is 46.1 Å². The largest absolute Gasteiger partial charge is 0.444 e. The van der Waals surface area contributed by atoms with E-state index in [0.29, 0.717) is 13.0 Å². The Morgan fingerprint density at radius 1 is 1.30 bits per heavy atom. The van der Waals surface area contributed by atoms with Gasteiger partial charge in [-0.2, -0.15) is 0 Å². The minimum atomic E-state index is -3.64. The molecule has 23 heavy (non-hydrogen) atoms. The molecule has 1 amide bonds. The molecule has 1 aromatic rings. The molecule has 1 atom stereocenters. The van der Waals surface area contributed by atoms with Crippen LogP contribution in [0.25, 0.3) is 0 Å². The Morgan fingerprint density at radius 3 is 2.57 bits per heavy atom. The van der Waals surface area contributed by atoms with E-state index in [4.69, 9.17) is 4.74 Å². The van der Waals surface area contributed by atoms with Gasteiger partial charge in [0.2, 0.25) is 15.0 Å². The van der Waals surface area contributed by atoms with Gasteiger partial charge >= 0.3 is 6.09 Å². The lowest BCUT2D eigenvalue weighted by atomic mass is 10.0. The van der Waals surface area contributed by atoms with Crippen molar-refractivity contribution < 1.29 is 17.9 Å². The summed E-state index contributed by atoms with van der Waals surface area (Å²) in [6.07, 6.45) is 4.68. The van der Waals surface area contributed by atoms with Crippen LogP contribution >= 0.6 is 0 Å². The first-order valence-corrected chi connectivity index (χ1v) is 9.34. The van der Waals surface area contributed by atoms with Crippen molar-refractivity contribution in [1.29, 1.82) is 0 Å². The second-order valence-electron chi connectivity index (χ2n) is 6.64. The van der Waals surface area contributed by atoms with Gasteiger partial charge in [-0.15, -0.1) is 0 Å². The number of nitrogens with zero attached hydrogens (tertiary/aromatic N) is 3. The fraction of sp³-hybridized carbons (Fsp3) is 0.667. The molecule has 8 heteroatoms. The lowest BCUT2D eigenvalue weighted by Gasteiger charge is -2.36. The molecule has 1 aliphatic rings. The maximum Gasteiger partial charge on any atom is 0.410 e. The molecule has 0 aromatic carbocycles. The van der Waals surface area contributed by atoms with E-state index in [1.54, 1.807) is 26.8 Å². The lowest BCUT2D eigenvalue weighted by molar-refractivity contribution is 0.0124. The number of sulfone groups is 1. The Morgan fingerprint density at radius 2 is 1.96 bits per heavy atom. The number of amides is 1. The van der Waals surface area contributed by atoms with Crippen LogP contribution in [0.4, 0.5) is 4.79 Å². The van der Waals surface area contributed by atoms with Crippen molar-refractivity contribution in [2.45, 2.75) is 56.8 Å². The van der Waals surface area contributed by atoms with E-state index in [2.05, 4.69) is 9.97 Å². The quantitative estimate of drug-likeness (QED) is 0.782. The van der Waals surface area contributed by atoms with Crippen LogP contribution in [0.5, 0.6) is 0 Å². The minimum Gasteiger partial charge on any atom is -0.444 e. The van der Waals surface area contributed by atoms with Gasteiger partial charge in [-0.25, -0.2) is 23.2 Å². The van der Waals surface area contributed by atoms with Crippen molar-refractivity contribution in [2.24, 2.45) is 0 Å². The molecule has 0 spiro atoms. The van der Waals surface area contributed by atoms with E-state index in [1.807, 2.05) is 0 Å². The summed E-state index contributed by atoms with van der Waals surface area (Å²) >= 11 is 0. The number of carbonyl (C=O) groups is 1. The number of carbonyl (C=O) groups excluding carboxylic acids is 1. The molecule has 0 aliphatic carbocycles. The molecule has 0 N–H and O–H groups in total. The van der Waals surface area contributed by atoms with E-state index >= 15 is 0 Å². The van der Waals surface area contributed by atoms with Gasteiger partial charge in [0.15, 0.2) is 0 Å². The molecule has 1 aromatic heterocycles. The molecule has 1 unspecified atom stereocenters. The van der Waals surface area contributed by atoms with E-state index in [-0.39, 0.29) is 10.9 Å². The van der Waals surface area contributed by atoms with E-state index < -0.39 is 27.6 Å². The molecule has 2 heterocycles. The molecule has 1 fully saturated rings. The summed E-state index contributed by atoms with van der Waals surface area (Å²) in [6.45, 7) is 5.87. The van der Waals surface area contributed by atoms with Crippen molar-refractivity contribution in [3.8, 4) is 0 Å². The summed E-state index contributed by atoms with van der Waals surface area (Å²) in [5, 5.41) is -0.199. The Bertz CT molecular complexity index is 640. The zero-order chi connectivity index (χ0) is 17.1. The lowest BCUT2D eigenvalue weighted by Crippen LogP contribution is -2.49. The molecule has 7 nitrogen and oxygen atoms in total. The van der Waals surface area contributed by atoms with E-state index in [0.717, 1.165) is 12.8 Å². The Labute approximate surface area is 137 Å².